The normalized spacial score (nSPS) is 15.9. The Balaban J connectivity index is 1.73. The lowest BCUT2D eigenvalue weighted by Gasteiger charge is -2.29. The maximum Gasteiger partial charge on any atom is 0.251 e. The highest BCUT2D eigenvalue weighted by Crippen LogP contribution is 2.28. The zero-order valence-electron chi connectivity index (χ0n) is 17.1. The molecule has 7 heteroatoms. The van der Waals surface area contributed by atoms with Crippen molar-refractivity contribution in [2.24, 2.45) is 0 Å². The fourth-order valence-electron chi connectivity index (χ4n) is 3.36. The zero-order valence-corrected chi connectivity index (χ0v) is 18.0. The highest BCUT2D eigenvalue weighted by atomic mass is 32.2. The molecule has 1 aliphatic rings. The molecule has 1 fully saturated rings. The first-order valence-electron chi connectivity index (χ1n) is 9.91. The van der Waals surface area contributed by atoms with Crippen LogP contribution in [0.4, 0.5) is 5.69 Å². The van der Waals surface area contributed by atoms with Gasteiger partial charge >= 0.3 is 0 Å². The summed E-state index contributed by atoms with van der Waals surface area (Å²) in [4.78, 5) is 12.7. The minimum atomic E-state index is -3.32. The van der Waals surface area contributed by atoms with Gasteiger partial charge in [-0.15, -0.1) is 0 Å². The van der Waals surface area contributed by atoms with Crippen LogP contribution >= 0.6 is 0 Å². The van der Waals surface area contributed by atoms with Crippen LogP contribution in [0, 0.1) is 6.92 Å². The van der Waals surface area contributed by atoms with Crippen molar-refractivity contribution in [1.29, 1.82) is 0 Å². The Bertz CT molecular complexity index is 986. The number of nitrogens with zero attached hydrogens (tertiary/aromatic N) is 1. The van der Waals surface area contributed by atoms with Crippen molar-refractivity contribution < 1.29 is 17.9 Å². The van der Waals surface area contributed by atoms with Crippen LogP contribution < -0.4 is 14.4 Å². The van der Waals surface area contributed by atoms with Gasteiger partial charge in [0.1, 0.15) is 5.75 Å². The third-order valence-electron chi connectivity index (χ3n) is 4.81. The molecule has 0 unspecified atom stereocenters. The molecule has 3 rings (SSSR count). The highest BCUT2D eigenvalue weighted by Gasteiger charge is 2.27. The number of nitrogens with one attached hydrogen (secondary N) is 1. The van der Waals surface area contributed by atoms with Crippen molar-refractivity contribution in [1.82, 2.24) is 5.32 Å². The first-order chi connectivity index (χ1) is 13.8. The second kappa shape index (κ2) is 8.86. The molecule has 0 saturated carbocycles. The smallest absolute Gasteiger partial charge is 0.251 e. The van der Waals surface area contributed by atoms with Crippen LogP contribution in [-0.2, 0) is 16.6 Å². The molecule has 0 atom stereocenters. The minimum absolute atomic E-state index is 0.0805. The summed E-state index contributed by atoms with van der Waals surface area (Å²) in [5.41, 5.74) is 2.80. The fraction of sp³-hybridized carbons (Fsp3) is 0.409. The summed E-state index contributed by atoms with van der Waals surface area (Å²) in [6.07, 6.45) is 1.58. The van der Waals surface area contributed by atoms with Crippen LogP contribution in [0.5, 0.6) is 5.75 Å². The average molecular weight is 417 g/mol. The number of hydrogen-bond donors (Lipinski definition) is 1. The summed E-state index contributed by atoms with van der Waals surface area (Å²) in [5, 5.41) is 2.90. The quantitative estimate of drug-likeness (QED) is 0.780. The fourth-order valence-corrected chi connectivity index (χ4v) is 5.06. The highest BCUT2D eigenvalue weighted by molar-refractivity contribution is 7.92. The van der Waals surface area contributed by atoms with Crippen molar-refractivity contribution in [3.63, 3.8) is 0 Å². The molecule has 2 aromatic rings. The lowest BCUT2D eigenvalue weighted by Crippen LogP contribution is -2.38. The summed E-state index contributed by atoms with van der Waals surface area (Å²) in [6, 6.07) is 12.8. The molecule has 1 saturated heterocycles. The summed E-state index contributed by atoms with van der Waals surface area (Å²) >= 11 is 0. The van der Waals surface area contributed by atoms with Crippen LogP contribution in [0.15, 0.2) is 42.5 Å². The van der Waals surface area contributed by atoms with Gasteiger partial charge in [0.2, 0.25) is 10.0 Å². The van der Waals surface area contributed by atoms with E-state index >= 15 is 0 Å². The SMILES string of the molecule is Cc1ccc(C(=O)NCc2cccc(OC(C)C)c2)cc1N1CCCCS1(=O)=O. The van der Waals surface area contributed by atoms with Crippen molar-refractivity contribution >= 4 is 21.6 Å². The van der Waals surface area contributed by atoms with Crippen molar-refractivity contribution in [2.75, 3.05) is 16.6 Å². The lowest BCUT2D eigenvalue weighted by atomic mass is 10.1. The Hall–Kier alpha value is -2.54. The Morgan fingerprint density at radius 3 is 2.69 bits per heavy atom. The van der Waals surface area contributed by atoms with Gasteiger partial charge < -0.3 is 10.1 Å². The number of carbonyl (C=O) groups is 1. The van der Waals surface area contributed by atoms with Gasteiger partial charge in [-0.3, -0.25) is 9.10 Å². The van der Waals surface area contributed by atoms with Gasteiger partial charge in [0, 0.05) is 18.7 Å². The van der Waals surface area contributed by atoms with E-state index in [2.05, 4.69) is 5.32 Å². The molecule has 6 nitrogen and oxygen atoms in total. The first-order valence-corrected chi connectivity index (χ1v) is 11.5. The predicted octanol–water partition coefficient (Wildman–Crippen LogP) is 3.64. The minimum Gasteiger partial charge on any atom is -0.491 e. The number of sulfonamides is 1. The standard InChI is InChI=1S/C22H28N2O4S/c1-16(2)28-20-8-6-7-18(13-20)15-23-22(25)19-10-9-17(3)21(14-19)24-11-4-5-12-29(24,26)27/h6-10,13-14,16H,4-5,11-12,15H2,1-3H3,(H,23,25). The molecular weight excluding hydrogens is 388 g/mol. The van der Waals surface area contributed by atoms with Gasteiger partial charge in [0.15, 0.2) is 0 Å². The number of anilines is 1. The summed E-state index contributed by atoms with van der Waals surface area (Å²) < 4.78 is 32.0. The average Bonchev–Trinajstić information content (AvgIpc) is 2.66. The Labute approximate surface area is 172 Å². The molecule has 0 radical (unpaired) electrons. The van der Waals surface area contributed by atoms with E-state index < -0.39 is 10.0 Å². The first kappa shape index (κ1) is 21.2. The number of aryl methyl sites for hydroxylation is 1. The van der Waals surface area contributed by atoms with Crippen LogP contribution in [0.1, 0.15) is 48.2 Å². The third-order valence-corrected chi connectivity index (χ3v) is 6.67. The van der Waals surface area contributed by atoms with E-state index in [-0.39, 0.29) is 17.8 Å². The predicted molar refractivity (Wildman–Crippen MR) is 115 cm³/mol. The number of ether oxygens (including phenoxy) is 1. The van der Waals surface area contributed by atoms with Crippen molar-refractivity contribution in [2.45, 2.75) is 46.3 Å². The third kappa shape index (κ3) is 5.29. The number of rotatable bonds is 6. The Kier molecular flexibility index (Phi) is 6.47. The summed E-state index contributed by atoms with van der Waals surface area (Å²) in [7, 11) is -3.32. The van der Waals surface area contributed by atoms with Crippen LogP contribution in [0.2, 0.25) is 0 Å². The molecule has 1 aliphatic heterocycles. The van der Waals surface area contributed by atoms with Gasteiger partial charge in [-0.05, 0) is 69.0 Å². The number of carbonyl (C=O) groups excluding carboxylic acids is 1. The number of benzene rings is 2. The van der Waals surface area contributed by atoms with Crippen LogP contribution in [-0.4, -0.2) is 32.7 Å². The molecule has 0 spiro atoms. The Morgan fingerprint density at radius 2 is 1.97 bits per heavy atom. The van der Waals surface area contributed by atoms with Gasteiger partial charge in [-0.1, -0.05) is 18.2 Å². The van der Waals surface area contributed by atoms with Crippen molar-refractivity contribution in [3.8, 4) is 5.75 Å². The van der Waals surface area contributed by atoms with E-state index in [4.69, 9.17) is 4.74 Å². The van der Waals surface area contributed by atoms with Crippen LogP contribution in [0.3, 0.4) is 0 Å². The van der Waals surface area contributed by atoms with Gasteiger partial charge in [-0.25, -0.2) is 8.42 Å². The maximum atomic E-state index is 12.7. The molecule has 1 heterocycles. The Morgan fingerprint density at radius 1 is 1.17 bits per heavy atom. The van der Waals surface area contributed by atoms with Gasteiger partial charge in [0.05, 0.1) is 17.5 Å². The summed E-state index contributed by atoms with van der Waals surface area (Å²) in [5.74, 6) is 0.674. The molecule has 0 aliphatic carbocycles. The molecule has 1 N–H and O–H groups in total. The van der Waals surface area contributed by atoms with Crippen LogP contribution in [0.25, 0.3) is 0 Å². The molecule has 2 aromatic carbocycles. The molecule has 0 bridgehead atoms. The topological polar surface area (TPSA) is 75.7 Å². The zero-order chi connectivity index (χ0) is 21.0. The van der Waals surface area contributed by atoms with Crippen molar-refractivity contribution in [3.05, 3.63) is 59.2 Å². The van der Waals surface area contributed by atoms with E-state index in [0.29, 0.717) is 30.8 Å². The van der Waals surface area contributed by atoms with E-state index in [9.17, 15) is 13.2 Å². The lowest BCUT2D eigenvalue weighted by molar-refractivity contribution is 0.0950. The number of hydrogen-bond acceptors (Lipinski definition) is 4. The molecule has 29 heavy (non-hydrogen) atoms. The van der Waals surface area contributed by atoms with E-state index in [1.165, 1.54) is 4.31 Å². The second-order valence-electron chi connectivity index (χ2n) is 7.59. The van der Waals surface area contributed by atoms with Gasteiger partial charge in [-0.2, -0.15) is 0 Å². The van der Waals surface area contributed by atoms with E-state index in [1.54, 1.807) is 18.2 Å². The molecule has 0 aromatic heterocycles. The number of amides is 1. The van der Waals surface area contributed by atoms with E-state index in [0.717, 1.165) is 23.3 Å². The maximum absolute atomic E-state index is 12.7. The summed E-state index contributed by atoms with van der Waals surface area (Å²) in [6.45, 7) is 6.61. The monoisotopic (exact) mass is 416 g/mol. The largest absolute Gasteiger partial charge is 0.491 e. The van der Waals surface area contributed by atoms with E-state index in [1.807, 2.05) is 45.0 Å². The molecular formula is C22H28N2O4S. The van der Waals surface area contributed by atoms with Gasteiger partial charge in [0.25, 0.3) is 5.91 Å². The molecule has 156 valence electrons. The second-order valence-corrected chi connectivity index (χ2v) is 9.61. The molecule has 1 amide bonds.